The van der Waals surface area contributed by atoms with Crippen molar-refractivity contribution in [2.45, 2.75) is 12.5 Å². The molecule has 1 aliphatic rings. The number of aromatic nitrogens is 1. The lowest BCUT2D eigenvalue weighted by atomic mass is 10.2. The van der Waals surface area contributed by atoms with Gasteiger partial charge in [-0.1, -0.05) is 11.6 Å². The quantitative estimate of drug-likeness (QED) is 0.800. The Morgan fingerprint density at radius 1 is 1.48 bits per heavy atom. The molecule has 0 aromatic carbocycles. The van der Waals surface area contributed by atoms with Gasteiger partial charge in [0.2, 0.25) is 5.88 Å². The molecule has 1 unspecified atom stereocenters. The third kappa shape index (κ3) is 4.09. The number of halogens is 1. The maximum atomic E-state index is 12.4. The van der Waals surface area contributed by atoms with Crippen LogP contribution >= 0.6 is 22.9 Å². The summed E-state index contributed by atoms with van der Waals surface area (Å²) < 4.78 is 15.6. The van der Waals surface area contributed by atoms with Crippen molar-refractivity contribution in [3.63, 3.8) is 0 Å². The van der Waals surface area contributed by atoms with Gasteiger partial charge in [-0.2, -0.15) is 0 Å². The molecule has 0 bridgehead atoms. The summed E-state index contributed by atoms with van der Waals surface area (Å²) in [6.07, 6.45) is 2.06. The number of hydrogen-bond donors (Lipinski definition) is 1. The first-order valence-corrected chi connectivity index (χ1v) is 8.71. The first-order chi connectivity index (χ1) is 12.1. The van der Waals surface area contributed by atoms with Gasteiger partial charge in [0, 0.05) is 12.6 Å². The van der Waals surface area contributed by atoms with Gasteiger partial charge in [0.25, 0.3) is 5.91 Å². The van der Waals surface area contributed by atoms with Crippen molar-refractivity contribution in [2.75, 3.05) is 25.6 Å². The monoisotopic (exact) mass is 382 g/mol. The number of anilines is 1. The van der Waals surface area contributed by atoms with E-state index in [4.69, 9.17) is 21.1 Å². The van der Waals surface area contributed by atoms with Crippen molar-refractivity contribution < 1.29 is 23.8 Å². The van der Waals surface area contributed by atoms with Crippen LogP contribution in [0.1, 0.15) is 27.1 Å². The summed E-state index contributed by atoms with van der Waals surface area (Å²) in [4.78, 5) is 28.1. The third-order valence-electron chi connectivity index (χ3n) is 3.53. The van der Waals surface area contributed by atoms with Gasteiger partial charge >= 0.3 is 5.97 Å². The van der Waals surface area contributed by atoms with Gasteiger partial charge in [-0.25, -0.2) is 9.78 Å². The Bertz CT molecular complexity index is 789. The largest absolute Gasteiger partial charge is 0.471 e. The summed E-state index contributed by atoms with van der Waals surface area (Å²) in [6, 6.07) is 3.05. The average molecular weight is 383 g/mol. The van der Waals surface area contributed by atoms with Gasteiger partial charge in [-0.05, 0) is 17.5 Å². The van der Waals surface area contributed by atoms with Crippen molar-refractivity contribution in [1.82, 2.24) is 4.98 Å². The van der Waals surface area contributed by atoms with Crippen LogP contribution in [-0.4, -0.2) is 43.3 Å². The fraction of sp³-hybridized carbons (Fsp3) is 0.312. The molecule has 7 nitrogen and oxygen atoms in total. The van der Waals surface area contributed by atoms with Crippen LogP contribution < -0.4 is 10.1 Å². The molecular weight excluding hydrogens is 368 g/mol. The molecule has 132 valence electrons. The Labute approximate surface area is 152 Å². The first-order valence-electron chi connectivity index (χ1n) is 7.45. The molecule has 9 heteroatoms. The summed E-state index contributed by atoms with van der Waals surface area (Å²) in [7, 11) is 1.28. The maximum absolute atomic E-state index is 12.4. The Morgan fingerprint density at radius 3 is 3.00 bits per heavy atom. The minimum atomic E-state index is -0.518. The van der Waals surface area contributed by atoms with Gasteiger partial charge in [0.15, 0.2) is 0 Å². The molecule has 1 saturated heterocycles. The highest BCUT2D eigenvalue weighted by molar-refractivity contribution is 7.14. The maximum Gasteiger partial charge on any atom is 0.340 e. The number of pyridine rings is 1. The van der Waals surface area contributed by atoms with Crippen LogP contribution in [0.4, 0.5) is 5.00 Å². The zero-order valence-electron chi connectivity index (χ0n) is 13.3. The molecule has 0 radical (unpaired) electrons. The van der Waals surface area contributed by atoms with E-state index in [0.29, 0.717) is 23.8 Å². The minimum absolute atomic E-state index is 0.0848. The van der Waals surface area contributed by atoms with Crippen LogP contribution in [0, 0.1) is 0 Å². The normalized spacial score (nSPS) is 16.5. The first kappa shape index (κ1) is 17.7. The molecule has 2 aromatic rings. The number of ether oxygens (including phenoxy) is 3. The molecule has 1 amide bonds. The second-order valence-electron chi connectivity index (χ2n) is 5.22. The highest BCUT2D eigenvalue weighted by Crippen LogP contribution is 2.27. The number of nitrogens with zero attached hydrogens (tertiary/aromatic N) is 1. The number of nitrogens with one attached hydrogen (secondary N) is 1. The zero-order chi connectivity index (χ0) is 17.8. The fourth-order valence-electron chi connectivity index (χ4n) is 2.25. The molecule has 1 N–H and O–H groups in total. The number of carbonyl (C=O) groups excluding carboxylic acids is 2. The lowest BCUT2D eigenvalue weighted by Gasteiger charge is -2.12. The molecule has 0 spiro atoms. The van der Waals surface area contributed by atoms with Crippen LogP contribution in [0.25, 0.3) is 0 Å². The predicted molar refractivity (Wildman–Crippen MR) is 92.7 cm³/mol. The smallest absolute Gasteiger partial charge is 0.340 e. The van der Waals surface area contributed by atoms with Crippen molar-refractivity contribution in [1.29, 1.82) is 0 Å². The average Bonchev–Trinajstić information content (AvgIpc) is 3.27. The number of thiophene rings is 1. The predicted octanol–water partition coefficient (Wildman–Crippen LogP) is 3.00. The second-order valence-corrected chi connectivity index (χ2v) is 6.55. The van der Waals surface area contributed by atoms with E-state index in [0.717, 1.165) is 6.42 Å². The van der Waals surface area contributed by atoms with Crippen molar-refractivity contribution in [3.8, 4) is 5.88 Å². The molecule has 1 aliphatic heterocycles. The zero-order valence-corrected chi connectivity index (χ0v) is 14.9. The van der Waals surface area contributed by atoms with Crippen molar-refractivity contribution in [3.05, 3.63) is 39.9 Å². The summed E-state index contributed by atoms with van der Waals surface area (Å²) in [6.45, 7) is 1.14. The van der Waals surface area contributed by atoms with E-state index in [9.17, 15) is 9.59 Å². The van der Waals surface area contributed by atoms with E-state index in [2.05, 4.69) is 15.0 Å². The van der Waals surface area contributed by atoms with Crippen LogP contribution in [0.2, 0.25) is 5.02 Å². The number of esters is 1. The van der Waals surface area contributed by atoms with E-state index >= 15 is 0 Å². The molecule has 3 rings (SSSR count). The SMILES string of the molecule is COC(=O)c1ccsc1NC(=O)c1cnc(OC2CCOC2)c(Cl)c1. The second kappa shape index (κ2) is 7.81. The third-order valence-corrected chi connectivity index (χ3v) is 4.63. The Balaban J connectivity index is 1.71. The minimum Gasteiger partial charge on any atom is -0.471 e. The summed E-state index contributed by atoms with van der Waals surface area (Å²) in [5.41, 5.74) is 0.547. The number of methoxy groups -OCH3 is 1. The molecule has 0 saturated carbocycles. The molecule has 1 fully saturated rings. The molecule has 3 heterocycles. The molecule has 0 aliphatic carbocycles. The fourth-order valence-corrected chi connectivity index (χ4v) is 3.23. The summed E-state index contributed by atoms with van der Waals surface area (Å²) >= 11 is 7.38. The van der Waals surface area contributed by atoms with Gasteiger partial charge < -0.3 is 19.5 Å². The van der Waals surface area contributed by atoms with E-state index in [1.165, 1.54) is 30.7 Å². The Morgan fingerprint density at radius 2 is 2.32 bits per heavy atom. The Kier molecular flexibility index (Phi) is 5.52. The summed E-state index contributed by atoms with van der Waals surface area (Å²) in [5, 5.41) is 4.98. The number of amides is 1. The lowest BCUT2D eigenvalue weighted by molar-refractivity contribution is 0.0602. The molecular formula is C16H15ClN2O5S. The van der Waals surface area contributed by atoms with E-state index in [-0.39, 0.29) is 22.6 Å². The lowest BCUT2D eigenvalue weighted by Crippen LogP contribution is -2.17. The van der Waals surface area contributed by atoms with E-state index in [1.807, 2.05) is 0 Å². The Hall–Kier alpha value is -2.16. The van der Waals surface area contributed by atoms with Gasteiger partial charge in [-0.15, -0.1) is 11.3 Å². The molecule has 2 aromatic heterocycles. The van der Waals surface area contributed by atoms with Gasteiger partial charge in [0.05, 0.1) is 31.5 Å². The number of carbonyl (C=O) groups is 2. The standard InChI is InChI=1S/C16H15ClN2O5S/c1-22-16(21)11-3-5-25-15(11)19-13(20)9-6-12(17)14(18-7-9)24-10-2-4-23-8-10/h3,5-7,10H,2,4,8H2,1H3,(H,19,20). The van der Waals surface area contributed by atoms with E-state index < -0.39 is 11.9 Å². The molecule has 25 heavy (non-hydrogen) atoms. The van der Waals surface area contributed by atoms with Crippen LogP contribution in [0.5, 0.6) is 5.88 Å². The van der Waals surface area contributed by atoms with E-state index in [1.54, 1.807) is 11.4 Å². The van der Waals surface area contributed by atoms with Gasteiger partial charge in [0.1, 0.15) is 16.1 Å². The topological polar surface area (TPSA) is 86.8 Å². The summed E-state index contributed by atoms with van der Waals surface area (Å²) in [5.74, 6) is -0.687. The van der Waals surface area contributed by atoms with Crippen molar-refractivity contribution in [2.24, 2.45) is 0 Å². The van der Waals surface area contributed by atoms with Crippen LogP contribution in [0.3, 0.4) is 0 Å². The van der Waals surface area contributed by atoms with Crippen LogP contribution in [-0.2, 0) is 9.47 Å². The number of hydrogen-bond acceptors (Lipinski definition) is 7. The highest BCUT2D eigenvalue weighted by Gasteiger charge is 2.21. The van der Waals surface area contributed by atoms with Crippen molar-refractivity contribution >= 4 is 39.8 Å². The van der Waals surface area contributed by atoms with Crippen LogP contribution in [0.15, 0.2) is 23.7 Å². The number of rotatable bonds is 5. The van der Waals surface area contributed by atoms with Gasteiger partial charge in [-0.3, -0.25) is 4.79 Å². The molecule has 1 atom stereocenters. The highest BCUT2D eigenvalue weighted by atomic mass is 35.5.